The van der Waals surface area contributed by atoms with E-state index in [4.69, 9.17) is 10.5 Å². The molecule has 0 bridgehead atoms. The first-order valence-electron chi connectivity index (χ1n) is 25.3. The molecule has 3 rings (SSSR count). The average molecular weight is 988 g/mol. The molecule has 6 atom stereocenters. The Morgan fingerprint density at radius 3 is 1.34 bits per heavy atom. The molecule has 15 nitrogen and oxygen atoms in total. The van der Waals surface area contributed by atoms with Gasteiger partial charge in [-0.2, -0.15) is 0 Å². The van der Waals surface area contributed by atoms with Crippen molar-refractivity contribution in [3.63, 3.8) is 0 Å². The van der Waals surface area contributed by atoms with E-state index in [1.165, 1.54) is 4.90 Å². The minimum Gasteiger partial charge on any atom is -0.449 e. The van der Waals surface area contributed by atoms with Crippen LogP contribution in [-0.2, 0) is 33.5 Å². The van der Waals surface area contributed by atoms with Crippen LogP contribution in [0.2, 0.25) is 19.6 Å². The van der Waals surface area contributed by atoms with E-state index < -0.39 is 85.9 Å². The third-order valence-corrected chi connectivity index (χ3v) is 13.3. The van der Waals surface area contributed by atoms with Crippen molar-refractivity contribution in [3.05, 3.63) is 72.3 Å². The SMILES string of the molecule is C=CC[C@@H](C(=O)N[C@@H](CC(C)C)C(=O)N[C@@H](CC(C)C)C(=O)N[C@@H](CC(C)C)C(=O)N[C@@H](CC(C)C)C(N)=O)N(C[Si](C)(C)C)C(=O)[C@H](CC(C)C)NC(=O)OCC1c2ccccc2-c2ccccc21. The van der Waals surface area contributed by atoms with Gasteiger partial charge in [0.2, 0.25) is 35.4 Å². The zero-order chi connectivity index (χ0) is 52.6. The number of nitrogens with zero attached hydrogens (tertiary/aromatic N) is 1. The van der Waals surface area contributed by atoms with Crippen molar-refractivity contribution in [2.24, 2.45) is 35.3 Å². The molecule has 70 heavy (non-hydrogen) atoms. The first kappa shape index (κ1) is 58.8. The molecule has 7 amide bonds. The zero-order valence-corrected chi connectivity index (χ0v) is 45.3. The van der Waals surface area contributed by atoms with Crippen molar-refractivity contribution >= 4 is 49.6 Å². The van der Waals surface area contributed by atoms with E-state index in [1.54, 1.807) is 6.08 Å². The number of carbonyl (C=O) groups is 7. The van der Waals surface area contributed by atoms with Gasteiger partial charge in [0.15, 0.2) is 0 Å². The van der Waals surface area contributed by atoms with Crippen molar-refractivity contribution in [1.29, 1.82) is 0 Å². The maximum Gasteiger partial charge on any atom is 0.407 e. The number of carbonyl (C=O) groups excluding carboxylic acids is 7. The lowest BCUT2D eigenvalue weighted by Crippen LogP contribution is -2.62. The summed E-state index contributed by atoms with van der Waals surface area (Å²) in [6.07, 6.45) is 2.42. The number of primary amides is 1. The van der Waals surface area contributed by atoms with Crippen molar-refractivity contribution in [3.8, 4) is 11.1 Å². The second-order valence-corrected chi connectivity index (χ2v) is 27.8. The van der Waals surface area contributed by atoms with Gasteiger partial charge in [-0.3, -0.25) is 28.8 Å². The number of nitrogens with two attached hydrogens (primary N) is 1. The Morgan fingerprint density at radius 2 is 0.957 bits per heavy atom. The number of nitrogens with one attached hydrogen (secondary N) is 5. The van der Waals surface area contributed by atoms with E-state index in [2.05, 4.69) is 64.9 Å². The van der Waals surface area contributed by atoms with Crippen LogP contribution in [0.4, 0.5) is 4.79 Å². The lowest BCUT2D eigenvalue weighted by molar-refractivity contribution is -0.142. The average Bonchev–Trinajstić information content (AvgIpc) is 3.57. The van der Waals surface area contributed by atoms with Crippen LogP contribution in [0.1, 0.15) is 125 Å². The fourth-order valence-corrected chi connectivity index (χ4v) is 10.4. The summed E-state index contributed by atoms with van der Waals surface area (Å²) in [7, 11) is -2.17. The molecule has 0 fully saturated rings. The maximum absolute atomic E-state index is 15.0. The molecule has 0 saturated heterocycles. The normalized spacial score (nSPS) is 15.0. The van der Waals surface area contributed by atoms with Gasteiger partial charge >= 0.3 is 6.09 Å². The van der Waals surface area contributed by atoms with Gasteiger partial charge in [-0.05, 0) is 90.4 Å². The minimum atomic E-state index is -2.17. The molecule has 2 aromatic rings. The molecule has 0 aliphatic heterocycles. The molecule has 2 aromatic carbocycles. The summed E-state index contributed by atoms with van der Waals surface area (Å²) >= 11 is 0. The molecule has 0 spiro atoms. The van der Waals surface area contributed by atoms with Crippen LogP contribution < -0.4 is 32.3 Å². The topological polar surface area (TPSA) is 218 Å². The largest absolute Gasteiger partial charge is 0.449 e. The highest BCUT2D eigenvalue weighted by Crippen LogP contribution is 2.44. The van der Waals surface area contributed by atoms with E-state index in [-0.39, 0.29) is 80.4 Å². The predicted molar refractivity (Wildman–Crippen MR) is 280 cm³/mol. The molecule has 1 aliphatic rings. The molecule has 16 heteroatoms. The second kappa shape index (κ2) is 27.2. The van der Waals surface area contributed by atoms with E-state index in [0.717, 1.165) is 22.3 Å². The van der Waals surface area contributed by atoms with Gasteiger partial charge in [0, 0.05) is 12.1 Å². The van der Waals surface area contributed by atoms with Gasteiger partial charge in [-0.25, -0.2) is 4.79 Å². The number of fused-ring (bicyclic) bond motifs is 3. The van der Waals surface area contributed by atoms with E-state index in [1.807, 2.05) is 106 Å². The molecular weight excluding hydrogens is 903 g/mol. The Kier molecular flexibility index (Phi) is 22.8. The van der Waals surface area contributed by atoms with Crippen LogP contribution >= 0.6 is 0 Å². The van der Waals surface area contributed by atoms with Gasteiger partial charge in [-0.1, -0.05) is 143 Å². The van der Waals surface area contributed by atoms with Gasteiger partial charge < -0.3 is 42.0 Å². The standard InChI is InChI=1S/C54H85N7O8Si/c1-15-20-47(61(31-70(12,13)14)53(67)46(29-36(10)11)60-54(68)69-30-41-39-23-18-16-21-37(39)38-22-17-19-24-40(38)41)52(66)59-45(28-35(8)9)51(65)58-44(27-34(6)7)50(64)57-43(26-33(4)5)49(63)56-42(48(55)62)25-32(2)3/h15-19,21-24,32-36,41-47H,1,20,25-31H2,2-14H3,(H2,55,62)(H,56,63)(H,57,64)(H,58,65)(H,59,66)(H,60,68)/t42-,43-,44-,45-,46-,47-/m0/s1. The summed E-state index contributed by atoms with van der Waals surface area (Å²) in [5.41, 5.74) is 9.92. The smallest absolute Gasteiger partial charge is 0.407 e. The van der Waals surface area contributed by atoms with Crippen LogP contribution in [0.5, 0.6) is 0 Å². The number of hydrogen-bond donors (Lipinski definition) is 6. The zero-order valence-electron chi connectivity index (χ0n) is 44.3. The van der Waals surface area contributed by atoms with Crippen molar-refractivity contribution in [1.82, 2.24) is 31.5 Å². The van der Waals surface area contributed by atoms with Crippen LogP contribution in [0.3, 0.4) is 0 Å². The maximum atomic E-state index is 15.0. The monoisotopic (exact) mass is 988 g/mol. The molecule has 0 heterocycles. The van der Waals surface area contributed by atoms with E-state index >= 15 is 0 Å². The molecule has 0 radical (unpaired) electrons. The second-order valence-electron chi connectivity index (χ2n) is 22.4. The number of benzene rings is 2. The highest BCUT2D eigenvalue weighted by atomic mass is 28.3. The first-order valence-corrected chi connectivity index (χ1v) is 29.0. The Morgan fingerprint density at radius 1 is 0.586 bits per heavy atom. The summed E-state index contributed by atoms with van der Waals surface area (Å²) in [5.74, 6) is -3.75. The number of rotatable bonds is 28. The molecule has 7 N–H and O–H groups in total. The van der Waals surface area contributed by atoms with Gasteiger partial charge in [0.05, 0.1) is 8.07 Å². The van der Waals surface area contributed by atoms with Crippen molar-refractivity contribution < 1.29 is 38.3 Å². The molecule has 0 unspecified atom stereocenters. The predicted octanol–water partition coefficient (Wildman–Crippen LogP) is 7.20. The highest BCUT2D eigenvalue weighted by molar-refractivity contribution is 6.76. The molecular formula is C54H85N7O8Si. The number of ether oxygens (including phenoxy) is 1. The quantitative estimate of drug-likeness (QED) is 0.0378. The molecule has 388 valence electrons. The summed E-state index contributed by atoms with van der Waals surface area (Å²) in [6, 6.07) is 9.81. The summed E-state index contributed by atoms with van der Waals surface area (Å²) in [6.45, 7) is 29.4. The van der Waals surface area contributed by atoms with Crippen molar-refractivity contribution in [2.45, 2.75) is 170 Å². The lowest BCUT2D eigenvalue weighted by Gasteiger charge is -2.38. The lowest BCUT2D eigenvalue weighted by atomic mass is 9.98. The van der Waals surface area contributed by atoms with Crippen LogP contribution in [0.15, 0.2) is 61.2 Å². The Hall–Kier alpha value is -5.51. The molecule has 0 saturated carbocycles. The van der Waals surface area contributed by atoms with Gasteiger partial charge in [0.1, 0.15) is 42.9 Å². The number of alkyl carbamates (subject to hydrolysis) is 1. The van der Waals surface area contributed by atoms with Crippen LogP contribution in [-0.4, -0.2) is 104 Å². The summed E-state index contributed by atoms with van der Waals surface area (Å²) in [4.78, 5) is 99.3. The Bertz CT molecular complexity index is 2070. The third kappa shape index (κ3) is 18.3. The fourth-order valence-electron chi connectivity index (χ4n) is 8.97. The Labute approximate surface area is 419 Å². The fraction of sp³-hybridized carbons (Fsp3) is 0.611. The van der Waals surface area contributed by atoms with Gasteiger partial charge in [0.25, 0.3) is 0 Å². The Balaban J connectivity index is 1.90. The van der Waals surface area contributed by atoms with E-state index in [9.17, 15) is 33.6 Å². The van der Waals surface area contributed by atoms with Crippen molar-refractivity contribution in [2.75, 3.05) is 12.8 Å². The molecule has 0 aromatic heterocycles. The summed E-state index contributed by atoms with van der Waals surface area (Å²) < 4.78 is 5.89. The molecule has 1 aliphatic carbocycles. The summed E-state index contributed by atoms with van der Waals surface area (Å²) in [5, 5.41) is 14.2. The van der Waals surface area contributed by atoms with Gasteiger partial charge in [-0.15, -0.1) is 6.58 Å². The number of amides is 7. The highest BCUT2D eigenvalue weighted by Gasteiger charge is 2.40. The number of hydrogen-bond acceptors (Lipinski definition) is 8. The first-order chi connectivity index (χ1) is 32.7. The van der Waals surface area contributed by atoms with E-state index in [0.29, 0.717) is 6.42 Å². The van der Waals surface area contributed by atoms with Crippen LogP contribution in [0, 0.1) is 29.6 Å². The third-order valence-electron chi connectivity index (χ3n) is 12.0. The minimum absolute atomic E-state index is 0.0165. The van der Waals surface area contributed by atoms with Crippen LogP contribution in [0.25, 0.3) is 11.1 Å².